The van der Waals surface area contributed by atoms with Crippen LogP contribution in [0.25, 0.3) is 0 Å². The summed E-state index contributed by atoms with van der Waals surface area (Å²) >= 11 is 5.92. The SMILES string of the molecule is O=C(CNC(=O)NC(c1ccc(Cl)cc1)C1CC1)NCc1ccco1. The van der Waals surface area contributed by atoms with Crippen molar-refractivity contribution in [3.05, 3.63) is 59.0 Å². The van der Waals surface area contributed by atoms with Crippen LogP contribution in [0.3, 0.4) is 0 Å². The Morgan fingerprint density at radius 2 is 1.92 bits per heavy atom. The van der Waals surface area contributed by atoms with Gasteiger partial charge in [-0.1, -0.05) is 23.7 Å². The van der Waals surface area contributed by atoms with Gasteiger partial charge in [0.05, 0.1) is 25.4 Å². The topological polar surface area (TPSA) is 83.4 Å². The summed E-state index contributed by atoms with van der Waals surface area (Å²) in [5, 5.41) is 8.88. The highest BCUT2D eigenvalue weighted by atomic mass is 35.5. The van der Waals surface area contributed by atoms with E-state index in [0.29, 0.717) is 23.2 Å². The van der Waals surface area contributed by atoms with Crippen LogP contribution in [0.2, 0.25) is 5.02 Å². The molecule has 0 aliphatic heterocycles. The molecule has 6 nitrogen and oxygen atoms in total. The van der Waals surface area contributed by atoms with Crippen LogP contribution in [0, 0.1) is 5.92 Å². The minimum absolute atomic E-state index is 0.0663. The third kappa shape index (κ3) is 5.26. The molecule has 1 saturated carbocycles. The molecule has 25 heavy (non-hydrogen) atoms. The van der Waals surface area contributed by atoms with E-state index in [9.17, 15) is 9.59 Å². The van der Waals surface area contributed by atoms with Gasteiger partial charge in [0.1, 0.15) is 5.76 Å². The van der Waals surface area contributed by atoms with Crippen LogP contribution >= 0.6 is 11.6 Å². The molecular weight excluding hydrogens is 342 g/mol. The van der Waals surface area contributed by atoms with Gasteiger partial charge in [0.15, 0.2) is 0 Å². The number of urea groups is 1. The second-order valence-corrected chi connectivity index (χ2v) is 6.49. The Morgan fingerprint density at radius 3 is 2.56 bits per heavy atom. The van der Waals surface area contributed by atoms with Crippen LogP contribution in [0.1, 0.15) is 30.2 Å². The first-order valence-corrected chi connectivity index (χ1v) is 8.58. The molecule has 132 valence electrons. The number of carbonyl (C=O) groups excluding carboxylic acids is 2. The summed E-state index contributed by atoms with van der Waals surface area (Å²) in [6, 6.07) is 10.6. The summed E-state index contributed by atoms with van der Waals surface area (Å²) < 4.78 is 5.13. The number of rotatable bonds is 7. The largest absolute Gasteiger partial charge is 0.467 e. The summed E-state index contributed by atoms with van der Waals surface area (Å²) in [6.07, 6.45) is 3.70. The molecule has 0 bridgehead atoms. The normalized spacial score (nSPS) is 14.6. The van der Waals surface area contributed by atoms with E-state index in [2.05, 4.69) is 16.0 Å². The van der Waals surface area contributed by atoms with Crippen LogP contribution in [0.5, 0.6) is 0 Å². The number of furan rings is 1. The second-order valence-electron chi connectivity index (χ2n) is 6.05. The van der Waals surface area contributed by atoms with E-state index in [1.165, 1.54) is 0 Å². The maximum absolute atomic E-state index is 12.1. The van der Waals surface area contributed by atoms with Gasteiger partial charge in [-0.15, -0.1) is 0 Å². The van der Waals surface area contributed by atoms with Crippen molar-refractivity contribution in [3.63, 3.8) is 0 Å². The third-order valence-corrected chi connectivity index (χ3v) is 4.31. The van der Waals surface area contributed by atoms with Crippen LogP contribution in [-0.4, -0.2) is 18.5 Å². The number of nitrogens with one attached hydrogen (secondary N) is 3. The Kier molecular flexibility index (Phi) is 5.60. The molecule has 1 aromatic carbocycles. The average molecular weight is 362 g/mol. The molecule has 1 aromatic heterocycles. The summed E-state index contributed by atoms with van der Waals surface area (Å²) in [6.45, 7) is 0.204. The molecule has 1 heterocycles. The second kappa shape index (κ2) is 8.07. The van der Waals surface area contributed by atoms with Crippen LogP contribution in [0.15, 0.2) is 47.1 Å². The van der Waals surface area contributed by atoms with Gasteiger partial charge in [-0.3, -0.25) is 4.79 Å². The maximum Gasteiger partial charge on any atom is 0.315 e. The van der Waals surface area contributed by atoms with Gasteiger partial charge in [-0.25, -0.2) is 4.79 Å². The number of amides is 3. The van der Waals surface area contributed by atoms with Gasteiger partial charge in [-0.2, -0.15) is 0 Å². The highest BCUT2D eigenvalue weighted by Crippen LogP contribution is 2.41. The van der Waals surface area contributed by atoms with Gasteiger partial charge in [0.25, 0.3) is 0 Å². The molecule has 3 rings (SSSR count). The van der Waals surface area contributed by atoms with E-state index in [0.717, 1.165) is 18.4 Å². The van der Waals surface area contributed by atoms with Gasteiger partial charge in [0, 0.05) is 5.02 Å². The van der Waals surface area contributed by atoms with Crippen LogP contribution in [0.4, 0.5) is 4.79 Å². The van der Waals surface area contributed by atoms with E-state index in [1.54, 1.807) is 18.4 Å². The fourth-order valence-corrected chi connectivity index (χ4v) is 2.71. The zero-order valence-electron chi connectivity index (χ0n) is 13.6. The number of hydrogen-bond donors (Lipinski definition) is 3. The molecule has 1 atom stereocenters. The van der Waals surface area contributed by atoms with E-state index < -0.39 is 0 Å². The van der Waals surface area contributed by atoms with Crippen molar-refractivity contribution in [3.8, 4) is 0 Å². The zero-order chi connectivity index (χ0) is 17.6. The quantitative estimate of drug-likeness (QED) is 0.708. The Balaban J connectivity index is 1.45. The predicted octanol–water partition coefficient (Wildman–Crippen LogP) is 3.00. The molecule has 2 aromatic rings. The molecule has 1 fully saturated rings. The van der Waals surface area contributed by atoms with Crippen LogP contribution < -0.4 is 16.0 Å². The van der Waals surface area contributed by atoms with Gasteiger partial charge in [0.2, 0.25) is 5.91 Å². The fraction of sp³-hybridized carbons (Fsp3) is 0.333. The molecule has 0 radical (unpaired) electrons. The maximum atomic E-state index is 12.1. The summed E-state index contributed by atoms with van der Waals surface area (Å²) in [5.41, 5.74) is 1.02. The highest BCUT2D eigenvalue weighted by Gasteiger charge is 2.33. The lowest BCUT2D eigenvalue weighted by atomic mass is 10.0. The van der Waals surface area contributed by atoms with Crippen molar-refractivity contribution >= 4 is 23.5 Å². The molecule has 0 saturated heterocycles. The van der Waals surface area contributed by atoms with Gasteiger partial charge < -0.3 is 20.4 Å². The minimum atomic E-state index is -0.361. The Morgan fingerprint density at radius 1 is 1.16 bits per heavy atom. The number of hydrogen-bond acceptors (Lipinski definition) is 3. The highest BCUT2D eigenvalue weighted by molar-refractivity contribution is 6.30. The van der Waals surface area contributed by atoms with E-state index in [4.69, 9.17) is 16.0 Å². The number of halogens is 1. The molecule has 0 spiro atoms. The molecule has 3 N–H and O–H groups in total. The first-order valence-electron chi connectivity index (χ1n) is 8.21. The Labute approximate surface area is 150 Å². The Hall–Kier alpha value is -2.47. The summed E-state index contributed by atoms with van der Waals surface area (Å²) in [5.74, 6) is 0.815. The van der Waals surface area contributed by atoms with Crippen molar-refractivity contribution in [2.24, 2.45) is 5.92 Å². The smallest absolute Gasteiger partial charge is 0.315 e. The van der Waals surface area contributed by atoms with E-state index in [1.807, 2.05) is 24.3 Å². The minimum Gasteiger partial charge on any atom is -0.467 e. The first kappa shape index (κ1) is 17.4. The average Bonchev–Trinajstić information content (AvgIpc) is 3.32. The van der Waals surface area contributed by atoms with Crippen molar-refractivity contribution in [2.75, 3.05) is 6.54 Å². The standard InChI is InChI=1S/C18H20ClN3O3/c19-14-7-5-13(6-8-14)17(12-3-4-12)22-18(24)21-11-16(23)20-10-15-2-1-9-25-15/h1-2,5-9,12,17H,3-4,10-11H2,(H,20,23)(H2,21,22,24). The molecule has 3 amide bonds. The van der Waals surface area contributed by atoms with Gasteiger partial charge in [-0.05, 0) is 48.6 Å². The van der Waals surface area contributed by atoms with Crippen molar-refractivity contribution in [1.82, 2.24) is 16.0 Å². The molecular formula is C18H20ClN3O3. The van der Waals surface area contributed by atoms with Gasteiger partial charge >= 0.3 is 6.03 Å². The van der Waals surface area contributed by atoms with Crippen molar-refractivity contribution in [2.45, 2.75) is 25.4 Å². The monoisotopic (exact) mass is 361 g/mol. The number of carbonyl (C=O) groups is 2. The summed E-state index contributed by atoms with van der Waals surface area (Å²) in [4.78, 5) is 23.9. The molecule has 1 aliphatic rings. The summed E-state index contributed by atoms with van der Waals surface area (Å²) in [7, 11) is 0. The van der Waals surface area contributed by atoms with Crippen LogP contribution in [-0.2, 0) is 11.3 Å². The number of benzene rings is 1. The van der Waals surface area contributed by atoms with E-state index >= 15 is 0 Å². The van der Waals surface area contributed by atoms with E-state index in [-0.39, 0.29) is 24.5 Å². The third-order valence-electron chi connectivity index (χ3n) is 4.06. The fourth-order valence-electron chi connectivity index (χ4n) is 2.59. The molecule has 1 unspecified atom stereocenters. The van der Waals surface area contributed by atoms with Crippen molar-refractivity contribution in [1.29, 1.82) is 0 Å². The lowest BCUT2D eigenvalue weighted by Crippen LogP contribution is -2.43. The first-order chi connectivity index (χ1) is 12.1. The molecule has 1 aliphatic carbocycles. The van der Waals surface area contributed by atoms with Crippen molar-refractivity contribution < 1.29 is 14.0 Å². The zero-order valence-corrected chi connectivity index (χ0v) is 14.4. The lowest BCUT2D eigenvalue weighted by molar-refractivity contribution is -0.120. The predicted molar refractivity (Wildman–Crippen MR) is 94.0 cm³/mol. The Bertz CT molecular complexity index is 712. The molecule has 7 heteroatoms. The lowest BCUT2D eigenvalue weighted by Gasteiger charge is -2.19.